The molecule has 150 valence electrons. The topological polar surface area (TPSA) is 70.6 Å². The van der Waals surface area contributed by atoms with Crippen LogP contribution >= 0.6 is 0 Å². The molecule has 1 aromatic carbocycles. The van der Waals surface area contributed by atoms with Crippen molar-refractivity contribution in [3.63, 3.8) is 0 Å². The van der Waals surface area contributed by atoms with Gasteiger partial charge in [-0.2, -0.15) is 4.31 Å². The highest BCUT2D eigenvalue weighted by molar-refractivity contribution is 7.89. The van der Waals surface area contributed by atoms with Gasteiger partial charge in [0.15, 0.2) is 0 Å². The summed E-state index contributed by atoms with van der Waals surface area (Å²) in [6.45, 7) is 9.39. The number of aromatic nitrogens is 1. The number of piperazine rings is 1. The quantitative estimate of drug-likeness (QED) is 0.793. The molecule has 0 saturated carbocycles. The highest BCUT2D eigenvalue weighted by Crippen LogP contribution is 2.25. The third-order valence-corrected chi connectivity index (χ3v) is 6.90. The first-order chi connectivity index (χ1) is 13.1. The van der Waals surface area contributed by atoms with Crippen LogP contribution in [0.1, 0.15) is 42.5 Å². The molecule has 1 fully saturated rings. The Labute approximate surface area is 167 Å². The summed E-state index contributed by atoms with van der Waals surface area (Å²) >= 11 is 0. The average molecular weight is 402 g/mol. The molecule has 1 aliphatic rings. The van der Waals surface area contributed by atoms with Gasteiger partial charge in [0.2, 0.25) is 10.0 Å². The second-order valence-corrected chi connectivity index (χ2v) is 10.1. The van der Waals surface area contributed by atoms with Crippen molar-refractivity contribution in [3.8, 4) is 0 Å². The number of sulfonamides is 1. The number of benzene rings is 1. The summed E-state index contributed by atoms with van der Waals surface area (Å²) < 4.78 is 27.3. The maximum atomic E-state index is 12.9. The zero-order valence-corrected chi connectivity index (χ0v) is 17.7. The number of nitrogens with zero attached hydrogens (tertiary/aromatic N) is 3. The highest BCUT2D eigenvalue weighted by Gasteiger charge is 2.31. The third-order valence-electron chi connectivity index (χ3n) is 4.99. The smallest absolute Gasteiger partial charge is 0.272 e. The SMILES string of the molecule is Cc1cccc(C(=O)N2CCN(S(=O)(=O)c3ccc(C(C)(C)C)cc3)CC2)n1. The second kappa shape index (κ2) is 7.64. The van der Waals surface area contributed by atoms with Gasteiger partial charge in [0.1, 0.15) is 5.69 Å². The number of pyridine rings is 1. The minimum atomic E-state index is -3.57. The molecule has 0 spiro atoms. The van der Waals surface area contributed by atoms with Gasteiger partial charge in [0, 0.05) is 31.9 Å². The summed E-state index contributed by atoms with van der Waals surface area (Å²) in [7, 11) is -3.57. The van der Waals surface area contributed by atoms with Gasteiger partial charge in [-0.15, -0.1) is 0 Å². The van der Waals surface area contributed by atoms with E-state index >= 15 is 0 Å². The van der Waals surface area contributed by atoms with E-state index in [0.29, 0.717) is 23.7 Å². The fourth-order valence-corrected chi connectivity index (χ4v) is 4.65. The van der Waals surface area contributed by atoms with Crippen LogP contribution in [-0.2, 0) is 15.4 Å². The van der Waals surface area contributed by atoms with E-state index in [4.69, 9.17) is 0 Å². The highest BCUT2D eigenvalue weighted by atomic mass is 32.2. The standard InChI is InChI=1S/C21H27N3O3S/c1-16-6-5-7-19(22-16)20(25)23-12-14-24(15-13-23)28(26,27)18-10-8-17(9-11-18)21(2,3)4/h5-11H,12-15H2,1-4H3. The Kier molecular flexibility index (Phi) is 5.59. The van der Waals surface area contributed by atoms with Crippen LogP contribution in [0.25, 0.3) is 0 Å². The first-order valence-corrected chi connectivity index (χ1v) is 10.9. The first kappa shape index (κ1) is 20.5. The number of carbonyl (C=O) groups excluding carboxylic acids is 1. The van der Waals surface area contributed by atoms with Gasteiger partial charge >= 0.3 is 0 Å². The lowest BCUT2D eigenvalue weighted by Gasteiger charge is -2.34. The molecule has 28 heavy (non-hydrogen) atoms. The Bertz CT molecular complexity index is 955. The van der Waals surface area contributed by atoms with Crippen molar-refractivity contribution >= 4 is 15.9 Å². The summed E-state index contributed by atoms with van der Waals surface area (Å²) in [4.78, 5) is 18.8. The molecule has 0 bridgehead atoms. The van der Waals surface area contributed by atoms with Gasteiger partial charge in [-0.3, -0.25) is 4.79 Å². The van der Waals surface area contributed by atoms with Crippen LogP contribution < -0.4 is 0 Å². The van der Waals surface area contributed by atoms with E-state index in [1.165, 1.54) is 4.31 Å². The van der Waals surface area contributed by atoms with E-state index in [1.54, 1.807) is 29.2 Å². The summed E-state index contributed by atoms with van der Waals surface area (Å²) in [5.74, 6) is -0.157. The van der Waals surface area contributed by atoms with Crippen molar-refractivity contribution in [3.05, 3.63) is 59.4 Å². The maximum absolute atomic E-state index is 12.9. The van der Waals surface area contributed by atoms with E-state index in [9.17, 15) is 13.2 Å². The summed E-state index contributed by atoms with van der Waals surface area (Å²) in [5.41, 5.74) is 2.24. The van der Waals surface area contributed by atoms with Crippen molar-refractivity contribution < 1.29 is 13.2 Å². The lowest BCUT2D eigenvalue weighted by atomic mass is 9.87. The van der Waals surface area contributed by atoms with E-state index < -0.39 is 10.0 Å². The number of hydrogen-bond donors (Lipinski definition) is 0. The molecule has 1 saturated heterocycles. The van der Waals surface area contributed by atoms with Gasteiger partial charge in [-0.1, -0.05) is 39.0 Å². The molecule has 0 aliphatic carbocycles. The van der Waals surface area contributed by atoms with Gasteiger partial charge in [0.25, 0.3) is 5.91 Å². The van der Waals surface area contributed by atoms with Crippen molar-refractivity contribution in [2.45, 2.75) is 38.0 Å². The molecule has 1 aliphatic heterocycles. The average Bonchev–Trinajstić information content (AvgIpc) is 2.67. The van der Waals surface area contributed by atoms with E-state index in [1.807, 2.05) is 25.1 Å². The molecular formula is C21H27N3O3S. The summed E-state index contributed by atoms with van der Waals surface area (Å²) in [6.07, 6.45) is 0. The molecule has 0 radical (unpaired) electrons. The maximum Gasteiger partial charge on any atom is 0.272 e. The Morgan fingerprint density at radius 2 is 1.57 bits per heavy atom. The lowest BCUT2D eigenvalue weighted by molar-refractivity contribution is 0.0691. The molecule has 3 rings (SSSR count). The number of hydrogen-bond acceptors (Lipinski definition) is 4. The Morgan fingerprint density at radius 3 is 2.11 bits per heavy atom. The predicted molar refractivity (Wildman–Crippen MR) is 109 cm³/mol. The summed E-state index contributed by atoms with van der Waals surface area (Å²) in [5, 5.41) is 0. The van der Waals surface area contributed by atoms with Gasteiger partial charge in [-0.05, 0) is 42.2 Å². The van der Waals surface area contributed by atoms with Crippen LogP contribution in [0.4, 0.5) is 0 Å². The Balaban J connectivity index is 1.69. The molecule has 0 N–H and O–H groups in total. The van der Waals surface area contributed by atoms with Crippen molar-refractivity contribution in [1.29, 1.82) is 0 Å². The third kappa shape index (κ3) is 4.25. The number of amides is 1. The lowest BCUT2D eigenvalue weighted by Crippen LogP contribution is -2.50. The molecule has 2 aromatic rings. The van der Waals surface area contributed by atoms with Crippen LogP contribution in [0.3, 0.4) is 0 Å². The molecule has 0 atom stereocenters. The van der Waals surface area contributed by atoms with Crippen LogP contribution in [-0.4, -0.2) is 54.7 Å². The van der Waals surface area contributed by atoms with Gasteiger partial charge < -0.3 is 4.90 Å². The molecule has 1 aromatic heterocycles. The molecule has 2 heterocycles. The first-order valence-electron chi connectivity index (χ1n) is 9.43. The van der Waals surface area contributed by atoms with Crippen molar-refractivity contribution in [1.82, 2.24) is 14.2 Å². The normalized spacial score (nSPS) is 16.2. The largest absolute Gasteiger partial charge is 0.335 e. The zero-order chi connectivity index (χ0) is 20.5. The van der Waals surface area contributed by atoms with Crippen LogP contribution in [0.2, 0.25) is 0 Å². The Morgan fingerprint density at radius 1 is 0.964 bits per heavy atom. The van der Waals surface area contributed by atoms with E-state index in [0.717, 1.165) is 11.3 Å². The van der Waals surface area contributed by atoms with Crippen LogP contribution in [0, 0.1) is 6.92 Å². The van der Waals surface area contributed by atoms with Crippen molar-refractivity contribution in [2.75, 3.05) is 26.2 Å². The molecule has 6 nitrogen and oxygen atoms in total. The summed E-state index contributed by atoms with van der Waals surface area (Å²) in [6, 6.07) is 12.4. The van der Waals surface area contributed by atoms with Gasteiger partial charge in [-0.25, -0.2) is 13.4 Å². The molecule has 0 unspecified atom stereocenters. The number of rotatable bonds is 3. The second-order valence-electron chi connectivity index (χ2n) is 8.13. The zero-order valence-electron chi connectivity index (χ0n) is 16.8. The number of aryl methyl sites for hydroxylation is 1. The van der Waals surface area contributed by atoms with Crippen LogP contribution in [0.15, 0.2) is 47.4 Å². The van der Waals surface area contributed by atoms with E-state index in [-0.39, 0.29) is 24.4 Å². The fraction of sp³-hybridized carbons (Fsp3) is 0.429. The molecule has 7 heteroatoms. The molecular weight excluding hydrogens is 374 g/mol. The monoisotopic (exact) mass is 401 g/mol. The fourth-order valence-electron chi connectivity index (χ4n) is 3.23. The van der Waals surface area contributed by atoms with E-state index in [2.05, 4.69) is 25.8 Å². The Hall–Kier alpha value is -2.25. The van der Waals surface area contributed by atoms with Crippen molar-refractivity contribution in [2.24, 2.45) is 0 Å². The minimum absolute atomic E-state index is 0.0297. The number of carbonyl (C=O) groups is 1. The minimum Gasteiger partial charge on any atom is -0.335 e. The predicted octanol–water partition coefficient (Wildman–Crippen LogP) is 2.83. The van der Waals surface area contributed by atoms with Gasteiger partial charge in [0.05, 0.1) is 4.90 Å². The van der Waals surface area contributed by atoms with Crippen LogP contribution in [0.5, 0.6) is 0 Å². The molecule has 1 amide bonds.